The zero-order chi connectivity index (χ0) is 19.0. The average Bonchev–Trinajstić information content (AvgIpc) is 2.52. The van der Waals surface area contributed by atoms with E-state index in [1.165, 1.54) is 18.2 Å². The third kappa shape index (κ3) is 7.27. The Morgan fingerprint density at radius 1 is 1.28 bits per heavy atom. The first-order chi connectivity index (χ1) is 11.7. The minimum absolute atomic E-state index is 0.136. The van der Waals surface area contributed by atoms with Gasteiger partial charge in [0.05, 0.1) is 6.26 Å². The number of hydrogen-bond donors (Lipinski definition) is 3. The Morgan fingerprint density at radius 2 is 1.88 bits per heavy atom. The van der Waals surface area contributed by atoms with E-state index in [0.717, 1.165) is 18.4 Å². The van der Waals surface area contributed by atoms with Crippen LogP contribution in [0.1, 0.15) is 5.56 Å². The molecule has 6 nitrogen and oxygen atoms in total. The fourth-order valence-electron chi connectivity index (χ4n) is 1.78. The molecule has 0 aliphatic rings. The molecule has 1 aromatic rings. The first-order valence-corrected chi connectivity index (χ1v) is 8.98. The number of amides is 1. The Kier molecular flexibility index (Phi) is 7.46. The number of nitrogens with one attached hydrogen (secondary N) is 2. The van der Waals surface area contributed by atoms with E-state index in [9.17, 15) is 22.0 Å². The lowest BCUT2D eigenvalue weighted by molar-refractivity contribution is -0.116. The molecule has 0 atom stereocenters. The van der Waals surface area contributed by atoms with E-state index < -0.39 is 33.3 Å². The van der Waals surface area contributed by atoms with Gasteiger partial charge in [-0.1, -0.05) is 24.8 Å². The number of rotatable bonds is 8. The number of carbonyl (C=O) groups is 1. The van der Waals surface area contributed by atoms with Crippen LogP contribution in [-0.2, 0) is 21.4 Å². The molecule has 1 amide bonds. The average molecular weight is 371 g/mol. The van der Waals surface area contributed by atoms with Gasteiger partial charge in [0.2, 0.25) is 15.9 Å². The van der Waals surface area contributed by atoms with Gasteiger partial charge < -0.3 is 11.1 Å². The number of sulfonamides is 1. The lowest BCUT2D eigenvalue weighted by Gasteiger charge is -2.09. The number of allylic oxidation sites excluding steroid dienone is 2. The van der Waals surface area contributed by atoms with Crippen molar-refractivity contribution >= 4 is 21.6 Å². The minimum atomic E-state index is -3.82. The highest BCUT2D eigenvalue weighted by Gasteiger charge is 2.15. The number of carbonyl (C=O) groups excluding carboxylic acids is 1. The molecule has 4 N–H and O–H groups in total. The quantitative estimate of drug-likeness (QED) is 0.477. The molecule has 0 saturated carbocycles. The molecule has 0 fully saturated rings. The Labute approximate surface area is 145 Å². The van der Waals surface area contributed by atoms with Crippen molar-refractivity contribution in [3.8, 4) is 0 Å². The van der Waals surface area contributed by atoms with Gasteiger partial charge >= 0.3 is 0 Å². The summed E-state index contributed by atoms with van der Waals surface area (Å²) in [5.41, 5.74) is 5.52. The highest BCUT2D eigenvalue weighted by Crippen LogP contribution is 2.21. The van der Waals surface area contributed by atoms with E-state index in [2.05, 4.69) is 11.9 Å². The van der Waals surface area contributed by atoms with Gasteiger partial charge in [0.1, 0.15) is 5.69 Å². The SMILES string of the molecule is C=C/C=C(/C=C/C(=O)NCc1cc(F)c(NS(C)(=O)=O)c(F)c1)CN. The van der Waals surface area contributed by atoms with Crippen LogP contribution in [0, 0.1) is 11.6 Å². The van der Waals surface area contributed by atoms with Crippen molar-refractivity contribution in [2.45, 2.75) is 6.54 Å². The van der Waals surface area contributed by atoms with Gasteiger partial charge in [0.25, 0.3) is 0 Å². The summed E-state index contributed by atoms with van der Waals surface area (Å²) in [6.45, 7) is 3.60. The summed E-state index contributed by atoms with van der Waals surface area (Å²) in [7, 11) is -3.82. The topological polar surface area (TPSA) is 101 Å². The Morgan fingerprint density at radius 3 is 2.36 bits per heavy atom. The normalized spacial score (nSPS) is 12.2. The molecule has 0 heterocycles. The number of benzene rings is 1. The van der Waals surface area contributed by atoms with Crippen molar-refractivity contribution < 1.29 is 22.0 Å². The number of nitrogens with two attached hydrogens (primary N) is 1. The summed E-state index contributed by atoms with van der Waals surface area (Å²) >= 11 is 0. The third-order valence-corrected chi connectivity index (χ3v) is 3.45. The van der Waals surface area contributed by atoms with Gasteiger partial charge in [0, 0.05) is 19.2 Å². The molecular weight excluding hydrogens is 352 g/mol. The second kappa shape index (κ2) is 9.09. The van der Waals surface area contributed by atoms with Gasteiger partial charge in [-0.25, -0.2) is 17.2 Å². The summed E-state index contributed by atoms with van der Waals surface area (Å²) in [5.74, 6) is -2.64. The van der Waals surface area contributed by atoms with Crippen LogP contribution in [0.15, 0.2) is 48.6 Å². The maximum atomic E-state index is 13.8. The van der Waals surface area contributed by atoms with Crippen LogP contribution in [0.2, 0.25) is 0 Å². The van der Waals surface area contributed by atoms with Crippen molar-refractivity contribution in [3.05, 3.63) is 65.8 Å². The van der Waals surface area contributed by atoms with E-state index in [-0.39, 0.29) is 18.7 Å². The molecule has 0 aliphatic heterocycles. The highest BCUT2D eigenvalue weighted by atomic mass is 32.2. The van der Waals surface area contributed by atoms with Gasteiger partial charge in [-0.15, -0.1) is 0 Å². The van der Waals surface area contributed by atoms with Crippen LogP contribution in [0.4, 0.5) is 14.5 Å². The molecular formula is C16H19F2N3O3S. The molecule has 25 heavy (non-hydrogen) atoms. The predicted octanol–water partition coefficient (Wildman–Crippen LogP) is 1.58. The van der Waals surface area contributed by atoms with Gasteiger partial charge in [-0.2, -0.15) is 0 Å². The molecule has 0 bridgehead atoms. The largest absolute Gasteiger partial charge is 0.348 e. The zero-order valence-electron chi connectivity index (χ0n) is 13.6. The lowest BCUT2D eigenvalue weighted by Crippen LogP contribution is -2.21. The summed E-state index contributed by atoms with van der Waals surface area (Å²) in [6.07, 6.45) is 6.68. The first kappa shape index (κ1) is 20.5. The lowest BCUT2D eigenvalue weighted by atomic mass is 10.2. The molecule has 9 heteroatoms. The maximum Gasteiger partial charge on any atom is 0.244 e. The molecule has 136 valence electrons. The predicted molar refractivity (Wildman–Crippen MR) is 93.1 cm³/mol. The van der Waals surface area contributed by atoms with Gasteiger partial charge in [-0.3, -0.25) is 9.52 Å². The molecule has 0 saturated heterocycles. The zero-order valence-corrected chi connectivity index (χ0v) is 14.4. The van der Waals surface area contributed by atoms with Crippen molar-refractivity contribution in [2.24, 2.45) is 5.73 Å². The highest BCUT2D eigenvalue weighted by molar-refractivity contribution is 7.92. The molecule has 0 unspecified atom stereocenters. The monoisotopic (exact) mass is 371 g/mol. The summed E-state index contributed by atoms with van der Waals surface area (Å²) in [5, 5.41) is 2.45. The molecule has 0 aromatic heterocycles. The summed E-state index contributed by atoms with van der Waals surface area (Å²) in [4.78, 5) is 11.7. The Balaban J connectivity index is 2.78. The molecule has 1 aromatic carbocycles. The van der Waals surface area contributed by atoms with Crippen LogP contribution in [-0.4, -0.2) is 27.1 Å². The number of halogens is 2. The van der Waals surface area contributed by atoms with E-state index in [1.807, 2.05) is 0 Å². The summed E-state index contributed by atoms with van der Waals surface area (Å²) < 4.78 is 51.6. The van der Waals surface area contributed by atoms with E-state index in [1.54, 1.807) is 10.8 Å². The fraction of sp³-hybridized carbons (Fsp3) is 0.188. The van der Waals surface area contributed by atoms with Gasteiger partial charge in [0.15, 0.2) is 11.6 Å². The van der Waals surface area contributed by atoms with Crippen LogP contribution in [0.25, 0.3) is 0 Å². The first-order valence-electron chi connectivity index (χ1n) is 7.09. The summed E-state index contributed by atoms with van der Waals surface area (Å²) in [6, 6.07) is 1.87. The molecule has 0 aliphatic carbocycles. The van der Waals surface area contributed by atoms with Crippen molar-refractivity contribution in [3.63, 3.8) is 0 Å². The third-order valence-electron chi connectivity index (χ3n) is 2.87. The van der Waals surface area contributed by atoms with Gasteiger partial charge in [-0.05, 0) is 23.3 Å². The van der Waals surface area contributed by atoms with Crippen LogP contribution in [0.3, 0.4) is 0 Å². The number of hydrogen-bond acceptors (Lipinski definition) is 4. The van der Waals surface area contributed by atoms with Crippen molar-refractivity contribution in [2.75, 3.05) is 17.5 Å². The second-order valence-corrected chi connectivity index (χ2v) is 6.79. The Bertz CT molecular complexity index is 795. The van der Waals surface area contributed by atoms with Crippen molar-refractivity contribution in [1.82, 2.24) is 5.32 Å². The van der Waals surface area contributed by atoms with Crippen LogP contribution >= 0.6 is 0 Å². The second-order valence-electron chi connectivity index (χ2n) is 5.04. The Hall–Kier alpha value is -2.52. The van der Waals surface area contributed by atoms with E-state index in [4.69, 9.17) is 5.73 Å². The maximum absolute atomic E-state index is 13.8. The fourth-order valence-corrected chi connectivity index (χ4v) is 2.35. The minimum Gasteiger partial charge on any atom is -0.348 e. The molecule has 0 spiro atoms. The number of anilines is 1. The van der Waals surface area contributed by atoms with E-state index in [0.29, 0.717) is 5.57 Å². The van der Waals surface area contributed by atoms with E-state index >= 15 is 0 Å². The standard InChI is InChI=1S/C16H19F2N3O3S/c1-3-4-11(9-19)5-6-15(22)20-10-12-7-13(17)16(14(18)8-12)21-25(2,23)24/h3-8,21H,1,9-10,19H2,2H3,(H,20,22)/b6-5+,11-4-. The molecule has 0 radical (unpaired) electrons. The van der Waals surface area contributed by atoms with Crippen molar-refractivity contribution in [1.29, 1.82) is 0 Å². The smallest absolute Gasteiger partial charge is 0.244 e. The van der Waals surface area contributed by atoms with Crippen LogP contribution in [0.5, 0.6) is 0 Å². The van der Waals surface area contributed by atoms with Crippen LogP contribution < -0.4 is 15.8 Å². The molecule has 1 rings (SSSR count).